The lowest BCUT2D eigenvalue weighted by atomic mass is 10.4. The fourth-order valence-corrected chi connectivity index (χ4v) is 1.56. The molecule has 0 aromatic carbocycles. The van der Waals surface area contributed by atoms with Crippen LogP contribution in [0.5, 0.6) is 11.6 Å². The number of halogens is 1. The maximum absolute atomic E-state index is 11.3. The van der Waals surface area contributed by atoms with Crippen molar-refractivity contribution in [3.8, 4) is 11.6 Å². The zero-order chi connectivity index (χ0) is 12.5. The number of hydrogen-bond donors (Lipinski definition) is 3. The number of pyridine rings is 1. The number of anilines is 1. The predicted octanol–water partition coefficient (Wildman–Crippen LogP) is 1.44. The zero-order valence-electron chi connectivity index (χ0n) is 9.58. The first-order valence-corrected chi connectivity index (χ1v) is 5.18. The van der Waals surface area contributed by atoms with E-state index in [4.69, 9.17) is 10.5 Å². The van der Waals surface area contributed by atoms with E-state index in [0.717, 1.165) is 11.0 Å². The Kier molecular flexibility index (Phi) is 3.39. The van der Waals surface area contributed by atoms with E-state index < -0.39 is 5.56 Å². The highest BCUT2D eigenvalue weighted by molar-refractivity contribution is 5.85. The van der Waals surface area contributed by atoms with E-state index in [1.807, 2.05) is 6.07 Å². The molecular weight excluding hydrogens is 270 g/mol. The van der Waals surface area contributed by atoms with E-state index in [1.165, 1.54) is 6.33 Å². The van der Waals surface area contributed by atoms with E-state index >= 15 is 0 Å². The predicted molar refractivity (Wildman–Crippen MR) is 72.7 cm³/mol. The Labute approximate surface area is 113 Å². The molecule has 0 saturated heterocycles. The number of aromatic amines is 2. The van der Waals surface area contributed by atoms with Crippen molar-refractivity contribution in [3.05, 3.63) is 41.2 Å². The number of fused-ring (bicyclic) bond motifs is 1. The minimum atomic E-state index is -0.436. The van der Waals surface area contributed by atoms with E-state index in [0.29, 0.717) is 5.75 Å². The fraction of sp³-hybridized carbons (Fsp3) is 0. The van der Waals surface area contributed by atoms with Crippen LogP contribution in [0, 0.1) is 0 Å². The summed E-state index contributed by atoms with van der Waals surface area (Å²) in [4.78, 5) is 24.7. The highest BCUT2D eigenvalue weighted by Gasteiger charge is 2.08. The summed E-state index contributed by atoms with van der Waals surface area (Å²) in [6.07, 6.45) is 4.55. The van der Waals surface area contributed by atoms with Crippen LogP contribution in [0.25, 0.3) is 11.0 Å². The molecule has 0 fully saturated rings. The topological polar surface area (TPSA) is 110 Å². The third kappa shape index (κ3) is 2.36. The van der Waals surface area contributed by atoms with Crippen molar-refractivity contribution in [1.29, 1.82) is 0 Å². The molecule has 19 heavy (non-hydrogen) atoms. The minimum Gasteiger partial charge on any atom is -0.435 e. The average Bonchev–Trinajstić information content (AvgIpc) is 2.82. The first-order valence-electron chi connectivity index (χ1n) is 5.18. The molecule has 0 aliphatic rings. The third-order valence-corrected chi connectivity index (χ3v) is 2.44. The maximum atomic E-state index is 11.3. The van der Waals surface area contributed by atoms with Crippen LogP contribution < -0.4 is 16.0 Å². The lowest BCUT2D eigenvalue weighted by molar-refractivity contribution is 0.462. The Hall–Kier alpha value is -2.54. The van der Waals surface area contributed by atoms with Gasteiger partial charge in [-0.1, -0.05) is 0 Å². The Morgan fingerprint density at radius 3 is 2.95 bits per heavy atom. The van der Waals surface area contributed by atoms with E-state index in [-0.39, 0.29) is 24.0 Å². The van der Waals surface area contributed by atoms with Crippen LogP contribution in [0.15, 0.2) is 35.6 Å². The number of nitrogens with two attached hydrogens (primary N) is 1. The van der Waals surface area contributed by atoms with Crippen molar-refractivity contribution in [3.63, 3.8) is 0 Å². The van der Waals surface area contributed by atoms with Crippen molar-refractivity contribution in [2.24, 2.45) is 0 Å². The molecule has 98 valence electrons. The summed E-state index contributed by atoms with van der Waals surface area (Å²) in [6, 6.07) is 3.60. The summed E-state index contributed by atoms with van der Waals surface area (Å²) in [5, 5.41) is 0. The highest BCUT2D eigenvalue weighted by atomic mass is 35.5. The number of nitrogens with zero attached hydrogens (tertiary/aromatic N) is 2. The van der Waals surface area contributed by atoms with Crippen LogP contribution in [0.4, 0.5) is 5.69 Å². The van der Waals surface area contributed by atoms with Gasteiger partial charge in [-0.25, -0.2) is 4.98 Å². The lowest BCUT2D eigenvalue weighted by Gasteiger charge is -2.05. The number of nitrogens with one attached hydrogen (secondary N) is 2. The molecule has 3 aromatic rings. The van der Waals surface area contributed by atoms with Crippen LogP contribution in [-0.2, 0) is 0 Å². The first-order chi connectivity index (χ1) is 8.74. The monoisotopic (exact) mass is 279 g/mol. The van der Waals surface area contributed by atoms with Gasteiger partial charge in [0.25, 0.3) is 5.56 Å². The number of rotatable bonds is 2. The molecule has 3 aromatic heterocycles. The number of hydrogen-bond acceptors (Lipinski definition) is 5. The standard InChI is InChI=1S/C11H9N5O2.ClH/c12-9-10(17)15-5-16-11(9)18-6-3-8-7(14-4-6)1-2-13-8;/h1-5,13H,12H2,(H,15,16,17);1H. The van der Waals surface area contributed by atoms with Crippen LogP contribution >= 0.6 is 12.4 Å². The van der Waals surface area contributed by atoms with E-state index in [2.05, 4.69) is 19.9 Å². The summed E-state index contributed by atoms with van der Waals surface area (Å²) >= 11 is 0. The Morgan fingerprint density at radius 2 is 2.11 bits per heavy atom. The van der Waals surface area contributed by atoms with Gasteiger partial charge >= 0.3 is 0 Å². The fourth-order valence-electron chi connectivity index (χ4n) is 1.56. The molecule has 7 nitrogen and oxygen atoms in total. The Morgan fingerprint density at radius 1 is 1.26 bits per heavy atom. The van der Waals surface area contributed by atoms with Gasteiger partial charge in [0.15, 0.2) is 5.69 Å². The largest absolute Gasteiger partial charge is 0.435 e. The SMILES string of the molecule is Cl.Nc1c(Oc2cnc3cc[nH]c3c2)nc[nH]c1=O. The van der Waals surface area contributed by atoms with Gasteiger partial charge in [0.1, 0.15) is 5.75 Å². The van der Waals surface area contributed by atoms with Crippen LogP contribution in [0.1, 0.15) is 0 Å². The molecule has 0 radical (unpaired) electrons. The normalized spacial score (nSPS) is 10.1. The minimum absolute atomic E-state index is 0. The Balaban J connectivity index is 0.00000133. The summed E-state index contributed by atoms with van der Waals surface area (Å²) in [6.45, 7) is 0. The van der Waals surface area contributed by atoms with E-state index in [9.17, 15) is 4.79 Å². The number of ether oxygens (including phenoxy) is 1. The molecular formula is C11H10ClN5O2. The quantitative estimate of drug-likeness (QED) is 0.657. The van der Waals surface area contributed by atoms with Gasteiger partial charge in [-0.15, -0.1) is 12.4 Å². The highest BCUT2D eigenvalue weighted by Crippen LogP contribution is 2.23. The summed E-state index contributed by atoms with van der Waals surface area (Å²) in [7, 11) is 0. The summed E-state index contributed by atoms with van der Waals surface area (Å²) in [5.41, 5.74) is 6.72. The average molecular weight is 280 g/mol. The molecule has 0 spiro atoms. The van der Waals surface area contributed by atoms with Crippen LogP contribution in [0.2, 0.25) is 0 Å². The van der Waals surface area contributed by atoms with Crippen molar-refractivity contribution in [1.82, 2.24) is 19.9 Å². The van der Waals surface area contributed by atoms with Gasteiger partial charge in [-0.05, 0) is 6.07 Å². The van der Waals surface area contributed by atoms with Crippen molar-refractivity contribution < 1.29 is 4.74 Å². The molecule has 8 heteroatoms. The maximum Gasteiger partial charge on any atom is 0.277 e. The molecule has 0 aliphatic heterocycles. The van der Waals surface area contributed by atoms with Crippen molar-refractivity contribution in [2.75, 3.05) is 5.73 Å². The molecule has 0 saturated carbocycles. The molecule has 3 heterocycles. The second-order valence-electron chi connectivity index (χ2n) is 3.63. The number of H-pyrrole nitrogens is 2. The van der Waals surface area contributed by atoms with Gasteiger partial charge in [-0.3, -0.25) is 9.78 Å². The van der Waals surface area contributed by atoms with Gasteiger partial charge in [0, 0.05) is 12.3 Å². The van der Waals surface area contributed by atoms with Gasteiger partial charge in [0.05, 0.1) is 23.6 Å². The smallest absolute Gasteiger partial charge is 0.277 e. The number of aromatic nitrogens is 4. The van der Waals surface area contributed by atoms with Crippen LogP contribution in [0.3, 0.4) is 0 Å². The van der Waals surface area contributed by atoms with Gasteiger partial charge in [0.2, 0.25) is 5.88 Å². The zero-order valence-corrected chi connectivity index (χ0v) is 10.4. The van der Waals surface area contributed by atoms with E-state index in [1.54, 1.807) is 18.5 Å². The third-order valence-electron chi connectivity index (χ3n) is 2.44. The second kappa shape index (κ2) is 4.99. The molecule has 3 rings (SSSR count). The van der Waals surface area contributed by atoms with Gasteiger partial charge < -0.3 is 20.4 Å². The molecule has 0 bridgehead atoms. The molecule has 4 N–H and O–H groups in total. The first kappa shape index (κ1) is 12.9. The van der Waals surface area contributed by atoms with Crippen molar-refractivity contribution in [2.45, 2.75) is 0 Å². The van der Waals surface area contributed by atoms with Crippen molar-refractivity contribution >= 4 is 29.1 Å². The molecule has 0 aliphatic carbocycles. The number of nitrogen functional groups attached to an aromatic ring is 1. The Bertz CT molecular complexity index is 767. The molecule has 0 unspecified atom stereocenters. The summed E-state index contributed by atoms with van der Waals surface area (Å²) < 4.78 is 5.43. The van der Waals surface area contributed by atoms with Gasteiger partial charge in [-0.2, -0.15) is 0 Å². The van der Waals surface area contributed by atoms with Crippen LogP contribution in [-0.4, -0.2) is 19.9 Å². The lowest BCUT2D eigenvalue weighted by Crippen LogP contribution is -2.13. The molecule has 0 amide bonds. The second-order valence-corrected chi connectivity index (χ2v) is 3.63. The summed E-state index contributed by atoms with van der Waals surface area (Å²) in [5.74, 6) is 0.515. The molecule has 0 atom stereocenters.